The van der Waals surface area contributed by atoms with Crippen molar-refractivity contribution in [3.63, 3.8) is 0 Å². The van der Waals surface area contributed by atoms with Crippen LogP contribution in [0.3, 0.4) is 0 Å². The minimum atomic E-state index is -1.93. The standard InChI is InChI=1S/C16H20Cl4O4/c1-3-5-6-7-8(4-2)16(15(23)24)9(14(21)22)10(17)11(18)12(19)13(16)20/h8-9H,3-7H2,1-2H3,(H,21,22)(H,23,24). The molecule has 4 nitrogen and oxygen atoms in total. The van der Waals surface area contributed by atoms with Gasteiger partial charge in [0, 0.05) is 0 Å². The molecule has 8 heteroatoms. The number of allylic oxidation sites excluding steroid dienone is 2. The predicted octanol–water partition coefficient (Wildman–Crippen LogP) is 5.76. The molecule has 0 amide bonds. The van der Waals surface area contributed by atoms with Crippen LogP contribution < -0.4 is 0 Å². The molecule has 2 N–H and O–H groups in total. The molecule has 0 heterocycles. The topological polar surface area (TPSA) is 74.6 Å². The van der Waals surface area contributed by atoms with E-state index in [1.807, 2.05) is 6.92 Å². The zero-order chi connectivity index (χ0) is 18.7. The van der Waals surface area contributed by atoms with Crippen LogP contribution in [0.25, 0.3) is 0 Å². The van der Waals surface area contributed by atoms with Crippen LogP contribution >= 0.6 is 46.4 Å². The van der Waals surface area contributed by atoms with E-state index in [-0.39, 0.29) is 20.1 Å². The van der Waals surface area contributed by atoms with Crippen molar-refractivity contribution in [1.29, 1.82) is 0 Å². The number of carboxylic acid groups (broad SMARTS) is 2. The Morgan fingerprint density at radius 3 is 2.08 bits per heavy atom. The van der Waals surface area contributed by atoms with Crippen LogP contribution in [0.15, 0.2) is 20.1 Å². The molecule has 1 aliphatic carbocycles. The zero-order valence-corrected chi connectivity index (χ0v) is 16.4. The van der Waals surface area contributed by atoms with Gasteiger partial charge in [0.25, 0.3) is 0 Å². The third-order valence-corrected chi connectivity index (χ3v) is 6.53. The number of carbonyl (C=O) groups is 2. The van der Waals surface area contributed by atoms with Crippen molar-refractivity contribution in [3.8, 4) is 0 Å². The molecule has 0 aromatic carbocycles. The van der Waals surface area contributed by atoms with E-state index in [0.29, 0.717) is 12.8 Å². The van der Waals surface area contributed by atoms with Crippen LogP contribution in [-0.4, -0.2) is 22.2 Å². The monoisotopic (exact) mass is 416 g/mol. The number of halogens is 4. The first-order valence-electron chi connectivity index (χ1n) is 7.75. The molecule has 1 rings (SSSR count). The Labute approximate surface area is 161 Å². The summed E-state index contributed by atoms with van der Waals surface area (Å²) < 4.78 is 0. The van der Waals surface area contributed by atoms with Crippen LogP contribution in [0.1, 0.15) is 46.0 Å². The van der Waals surface area contributed by atoms with Crippen molar-refractivity contribution in [1.82, 2.24) is 0 Å². The van der Waals surface area contributed by atoms with Crippen molar-refractivity contribution >= 4 is 58.3 Å². The second-order valence-corrected chi connectivity index (χ2v) is 7.38. The van der Waals surface area contributed by atoms with E-state index in [9.17, 15) is 19.8 Å². The molecule has 24 heavy (non-hydrogen) atoms. The van der Waals surface area contributed by atoms with E-state index >= 15 is 0 Å². The second-order valence-electron chi connectivity index (χ2n) is 5.84. The third kappa shape index (κ3) is 3.57. The smallest absolute Gasteiger partial charge is 0.316 e. The highest BCUT2D eigenvalue weighted by Gasteiger charge is 2.60. The Hall–Kier alpha value is -0.420. The van der Waals surface area contributed by atoms with E-state index < -0.39 is 29.2 Å². The Balaban J connectivity index is 3.61. The van der Waals surface area contributed by atoms with Gasteiger partial charge >= 0.3 is 11.9 Å². The molecule has 0 aliphatic heterocycles. The lowest BCUT2D eigenvalue weighted by atomic mass is 9.61. The fourth-order valence-corrected chi connectivity index (χ4v) is 4.70. The summed E-state index contributed by atoms with van der Waals surface area (Å²) in [4.78, 5) is 24.1. The molecule has 0 spiro atoms. The van der Waals surface area contributed by atoms with Crippen LogP contribution in [0.5, 0.6) is 0 Å². The fourth-order valence-electron chi connectivity index (χ4n) is 3.34. The van der Waals surface area contributed by atoms with Crippen LogP contribution in [0, 0.1) is 17.3 Å². The van der Waals surface area contributed by atoms with Crippen molar-refractivity contribution < 1.29 is 19.8 Å². The van der Waals surface area contributed by atoms with Gasteiger partial charge in [0.1, 0.15) is 11.3 Å². The quantitative estimate of drug-likeness (QED) is 0.492. The maximum Gasteiger partial charge on any atom is 0.316 e. The largest absolute Gasteiger partial charge is 0.481 e. The lowest BCUT2D eigenvalue weighted by Crippen LogP contribution is -2.50. The number of carboxylic acids is 2. The van der Waals surface area contributed by atoms with Gasteiger partial charge in [-0.1, -0.05) is 85.9 Å². The Kier molecular flexibility index (Phi) is 7.92. The minimum Gasteiger partial charge on any atom is -0.481 e. The number of unbranched alkanes of at least 4 members (excludes halogenated alkanes) is 2. The van der Waals surface area contributed by atoms with Gasteiger partial charge in [0.2, 0.25) is 0 Å². The minimum absolute atomic E-state index is 0.197. The average molecular weight is 418 g/mol. The molecule has 0 aromatic rings. The van der Waals surface area contributed by atoms with Gasteiger partial charge in [-0.15, -0.1) is 0 Å². The van der Waals surface area contributed by atoms with E-state index in [0.717, 1.165) is 19.3 Å². The molecular formula is C16H20Cl4O4. The maximum atomic E-state index is 12.3. The Morgan fingerprint density at radius 2 is 1.67 bits per heavy atom. The van der Waals surface area contributed by atoms with Crippen molar-refractivity contribution in [2.75, 3.05) is 0 Å². The third-order valence-electron chi connectivity index (χ3n) is 4.56. The number of rotatable bonds is 8. The maximum absolute atomic E-state index is 12.3. The molecule has 3 atom stereocenters. The average Bonchev–Trinajstić information content (AvgIpc) is 2.52. The first-order valence-corrected chi connectivity index (χ1v) is 9.26. The fraction of sp³-hybridized carbons (Fsp3) is 0.625. The first-order chi connectivity index (χ1) is 11.2. The molecule has 3 unspecified atom stereocenters. The Morgan fingerprint density at radius 1 is 1.08 bits per heavy atom. The Bertz CT molecular complexity index is 585. The molecule has 136 valence electrons. The molecule has 0 aromatic heterocycles. The summed E-state index contributed by atoms with van der Waals surface area (Å²) in [6, 6.07) is 0. The highest BCUT2D eigenvalue weighted by atomic mass is 35.5. The summed E-state index contributed by atoms with van der Waals surface area (Å²) in [5.74, 6) is -4.87. The summed E-state index contributed by atoms with van der Waals surface area (Å²) in [7, 11) is 0. The molecule has 1 aliphatic rings. The summed E-state index contributed by atoms with van der Waals surface area (Å²) in [5, 5.41) is 18.7. The van der Waals surface area contributed by atoms with Crippen LogP contribution in [-0.2, 0) is 9.59 Å². The van der Waals surface area contributed by atoms with Crippen molar-refractivity contribution in [3.05, 3.63) is 20.1 Å². The van der Waals surface area contributed by atoms with Gasteiger partial charge < -0.3 is 10.2 Å². The highest BCUT2D eigenvalue weighted by molar-refractivity contribution is 6.52. The SMILES string of the molecule is CCCCCC(CC)C1(C(=O)O)C(Cl)=C(Cl)C(Cl)=C(Cl)C1C(=O)O. The van der Waals surface area contributed by atoms with Crippen LogP contribution in [0.4, 0.5) is 0 Å². The van der Waals surface area contributed by atoms with E-state index in [1.165, 1.54) is 0 Å². The number of aliphatic carboxylic acids is 2. The van der Waals surface area contributed by atoms with Gasteiger partial charge in [-0.05, 0) is 12.3 Å². The first kappa shape index (κ1) is 21.6. The van der Waals surface area contributed by atoms with E-state index in [2.05, 4.69) is 0 Å². The van der Waals surface area contributed by atoms with E-state index in [4.69, 9.17) is 46.4 Å². The molecule has 0 radical (unpaired) electrons. The lowest BCUT2D eigenvalue weighted by molar-refractivity contribution is -0.161. The molecule has 0 saturated carbocycles. The van der Waals surface area contributed by atoms with Gasteiger partial charge in [0.05, 0.1) is 20.1 Å². The van der Waals surface area contributed by atoms with Gasteiger partial charge in [-0.3, -0.25) is 9.59 Å². The summed E-state index contributed by atoms with van der Waals surface area (Å²) in [6.07, 6.45) is 3.54. The molecule has 0 fully saturated rings. The van der Waals surface area contributed by atoms with Gasteiger partial charge in [-0.2, -0.15) is 0 Å². The predicted molar refractivity (Wildman–Crippen MR) is 96.6 cm³/mol. The van der Waals surface area contributed by atoms with Crippen molar-refractivity contribution in [2.24, 2.45) is 17.3 Å². The zero-order valence-electron chi connectivity index (χ0n) is 13.4. The number of hydrogen-bond donors (Lipinski definition) is 2. The van der Waals surface area contributed by atoms with Crippen LogP contribution in [0.2, 0.25) is 0 Å². The van der Waals surface area contributed by atoms with Gasteiger partial charge in [0.15, 0.2) is 0 Å². The lowest BCUT2D eigenvalue weighted by Gasteiger charge is -2.43. The second kappa shape index (κ2) is 8.79. The van der Waals surface area contributed by atoms with Crippen molar-refractivity contribution in [2.45, 2.75) is 46.0 Å². The number of hydrogen-bond acceptors (Lipinski definition) is 2. The normalized spacial score (nSPS) is 25.8. The van der Waals surface area contributed by atoms with Gasteiger partial charge in [-0.25, -0.2) is 0 Å². The summed E-state index contributed by atoms with van der Waals surface area (Å²) >= 11 is 24.5. The molecule has 0 saturated heterocycles. The molecular weight excluding hydrogens is 398 g/mol. The van der Waals surface area contributed by atoms with E-state index in [1.54, 1.807) is 6.92 Å². The highest BCUT2D eigenvalue weighted by Crippen LogP contribution is 2.58. The molecule has 0 bridgehead atoms. The summed E-state index contributed by atoms with van der Waals surface area (Å²) in [5.41, 5.74) is -1.93. The summed E-state index contributed by atoms with van der Waals surface area (Å²) in [6.45, 7) is 3.82.